The third-order valence-electron chi connectivity index (χ3n) is 9.28. The molecule has 0 radical (unpaired) electrons. The van der Waals surface area contributed by atoms with Crippen molar-refractivity contribution in [1.82, 2.24) is 9.80 Å². The van der Waals surface area contributed by atoms with E-state index in [1.54, 1.807) is 12.4 Å². The minimum Gasteiger partial charge on any atom is -0.507 e. The number of hydrogen-bond acceptors (Lipinski definition) is 8. The van der Waals surface area contributed by atoms with Crippen molar-refractivity contribution in [2.45, 2.75) is 65.7 Å². The second-order valence-electron chi connectivity index (χ2n) is 13.5. The van der Waals surface area contributed by atoms with Gasteiger partial charge in [0, 0.05) is 105 Å². The molecule has 0 saturated heterocycles. The second kappa shape index (κ2) is 17.3. The third kappa shape index (κ3) is 9.52. The molecule has 262 valence electrons. The quantitative estimate of drug-likeness (QED) is 0.200. The van der Waals surface area contributed by atoms with Crippen LogP contribution in [0.1, 0.15) is 70.2 Å². The van der Waals surface area contributed by atoms with Crippen molar-refractivity contribution >= 4 is 12.4 Å². The van der Waals surface area contributed by atoms with Gasteiger partial charge < -0.3 is 19.7 Å². The van der Waals surface area contributed by atoms with Gasteiger partial charge in [0.1, 0.15) is 23.0 Å². The summed E-state index contributed by atoms with van der Waals surface area (Å²) in [7, 11) is 0. The van der Waals surface area contributed by atoms with E-state index in [2.05, 4.69) is 70.0 Å². The van der Waals surface area contributed by atoms with Gasteiger partial charge in [0.25, 0.3) is 0 Å². The lowest BCUT2D eigenvalue weighted by Crippen LogP contribution is -2.30. The molecule has 6 bridgehead atoms. The number of fused-ring (bicyclic) bond motifs is 10. The molecule has 2 atom stereocenters. The van der Waals surface area contributed by atoms with Crippen LogP contribution in [0.15, 0.2) is 82.8 Å². The van der Waals surface area contributed by atoms with Gasteiger partial charge in [-0.1, -0.05) is 48.5 Å². The van der Waals surface area contributed by atoms with Gasteiger partial charge in [-0.3, -0.25) is 19.8 Å². The number of para-hydroxylation sites is 2. The lowest BCUT2D eigenvalue weighted by Gasteiger charge is -2.28. The lowest BCUT2D eigenvalue weighted by molar-refractivity contribution is 0.195. The van der Waals surface area contributed by atoms with E-state index in [1.165, 1.54) is 0 Å². The highest BCUT2D eigenvalue weighted by molar-refractivity contribution is 5.85. The van der Waals surface area contributed by atoms with Gasteiger partial charge in [-0.2, -0.15) is 0 Å². The molecular weight excluding hydrogens is 624 g/mol. The Kier molecular flexibility index (Phi) is 12.2. The van der Waals surface area contributed by atoms with Gasteiger partial charge in [0.2, 0.25) is 0 Å². The van der Waals surface area contributed by atoms with Crippen LogP contribution in [-0.4, -0.2) is 71.8 Å². The molecule has 2 aliphatic heterocycles. The maximum Gasteiger partial charge on any atom is 0.128 e. The molecule has 4 aromatic carbocycles. The molecule has 4 aromatic rings. The van der Waals surface area contributed by atoms with Gasteiger partial charge in [-0.25, -0.2) is 0 Å². The predicted molar refractivity (Wildman–Crippen MR) is 201 cm³/mol. The number of rotatable bonds is 0. The Morgan fingerprint density at radius 1 is 0.540 bits per heavy atom. The van der Waals surface area contributed by atoms with E-state index in [-0.39, 0.29) is 11.5 Å². The highest BCUT2D eigenvalue weighted by Crippen LogP contribution is 2.30. The Bertz CT molecular complexity index is 1670. The van der Waals surface area contributed by atoms with Crippen LogP contribution in [0.2, 0.25) is 0 Å². The van der Waals surface area contributed by atoms with Gasteiger partial charge in [0.15, 0.2) is 0 Å². The molecular formula is C42H50N4O4. The summed E-state index contributed by atoms with van der Waals surface area (Å²) in [6, 6.07) is 24.7. The SMILES string of the molecule is Cc1cc2c(O)c(c1)CN1CCCN(Cc3ccccc3OCCCOc3ccccc3C1)Cc1cc(C)cc(c1O)C=NCCCCN=C2. The Hall–Kier alpha value is -4.66. The Morgan fingerprint density at radius 3 is 1.46 bits per heavy atom. The summed E-state index contributed by atoms with van der Waals surface area (Å²) < 4.78 is 12.6. The van der Waals surface area contributed by atoms with E-state index in [1.807, 2.05) is 36.4 Å². The third-order valence-corrected chi connectivity index (χ3v) is 9.28. The second-order valence-corrected chi connectivity index (χ2v) is 13.5. The van der Waals surface area contributed by atoms with Crippen molar-refractivity contribution < 1.29 is 19.7 Å². The molecule has 6 rings (SSSR count). The Balaban J connectivity index is 1.39. The monoisotopic (exact) mass is 674 g/mol. The number of benzene rings is 4. The zero-order valence-corrected chi connectivity index (χ0v) is 29.5. The molecule has 0 aliphatic carbocycles. The van der Waals surface area contributed by atoms with E-state index < -0.39 is 0 Å². The topological polar surface area (TPSA) is 90.1 Å². The molecule has 2 heterocycles. The normalized spacial score (nSPS) is 19.4. The summed E-state index contributed by atoms with van der Waals surface area (Å²) in [4.78, 5) is 14.1. The maximum absolute atomic E-state index is 11.5. The van der Waals surface area contributed by atoms with Gasteiger partial charge in [0.05, 0.1) is 13.2 Å². The van der Waals surface area contributed by atoms with E-state index in [4.69, 9.17) is 9.47 Å². The molecule has 0 spiro atoms. The number of aromatic hydroxyl groups is 2. The Morgan fingerprint density at radius 2 is 0.980 bits per heavy atom. The van der Waals surface area contributed by atoms with E-state index >= 15 is 0 Å². The van der Waals surface area contributed by atoms with Crippen LogP contribution in [0.25, 0.3) is 0 Å². The summed E-state index contributed by atoms with van der Waals surface area (Å²) in [5, 5.41) is 22.9. The first-order valence-corrected chi connectivity index (χ1v) is 17.9. The van der Waals surface area contributed by atoms with E-state index in [0.717, 1.165) is 94.8 Å². The first kappa shape index (κ1) is 35.2. The summed E-state index contributed by atoms with van der Waals surface area (Å²) in [6.45, 7) is 10.6. The molecule has 8 heteroatoms. The van der Waals surface area contributed by atoms with Crippen molar-refractivity contribution in [3.05, 3.63) is 117 Å². The van der Waals surface area contributed by atoms with Gasteiger partial charge >= 0.3 is 0 Å². The lowest BCUT2D eigenvalue weighted by atomic mass is 10.0. The van der Waals surface area contributed by atoms with Crippen molar-refractivity contribution in [2.24, 2.45) is 9.98 Å². The number of phenolic OH excluding ortho intramolecular Hbond substituents is 2. The van der Waals surface area contributed by atoms with Crippen LogP contribution in [0.4, 0.5) is 0 Å². The number of ether oxygens (including phenoxy) is 2. The average Bonchev–Trinajstić information content (AvgIpc) is 3.09. The summed E-state index contributed by atoms with van der Waals surface area (Å²) >= 11 is 0. The molecule has 8 nitrogen and oxygen atoms in total. The van der Waals surface area contributed by atoms with Crippen LogP contribution in [-0.2, 0) is 26.2 Å². The zero-order valence-electron chi connectivity index (χ0n) is 29.5. The van der Waals surface area contributed by atoms with Crippen LogP contribution in [0.3, 0.4) is 0 Å². The summed E-state index contributed by atoms with van der Waals surface area (Å²) in [5.74, 6) is 2.32. The average molecular weight is 675 g/mol. The first-order chi connectivity index (χ1) is 24.4. The highest BCUT2D eigenvalue weighted by Gasteiger charge is 2.19. The molecule has 2 aliphatic rings. The number of nitrogens with zero attached hydrogens (tertiary/aromatic N) is 4. The van der Waals surface area contributed by atoms with Crippen LogP contribution in [0, 0.1) is 13.8 Å². The fraction of sp³-hybridized carbons (Fsp3) is 0.381. The maximum atomic E-state index is 11.5. The molecule has 0 fully saturated rings. The number of aliphatic imine (C=N–C) groups is 2. The molecule has 50 heavy (non-hydrogen) atoms. The first-order valence-electron chi connectivity index (χ1n) is 17.9. The molecule has 2 unspecified atom stereocenters. The smallest absolute Gasteiger partial charge is 0.128 e. The van der Waals surface area contributed by atoms with Crippen molar-refractivity contribution in [2.75, 3.05) is 39.4 Å². The molecule has 0 amide bonds. The largest absolute Gasteiger partial charge is 0.507 e. The van der Waals surface area contributed by atoms with E-state index in [9.17, 15) is 10.2 Å². The standard InChI is InChI=1S/C42H50N4O4/c1-31-21-35-25-43-15-7-8-16-44-26-36-22-32(2)24-38(42(36)48)30-46-18-9-17-45(29-37(23-31)41(35)47)27-33-11-3-5-13-39(33)49-19-10-20-50-40-14-6-4-12-34(40)28-46/h3-6,11-14,21-26,47-48H,7-10,15-20,27-30H2,1-2H3. The number of aryl methyl sites for hydroxylation is 2. The Labute approximate surface area is 296 Å². The van der Waals surface area contributed by atoms with E-state index in [0.29, 0.717) is 52.5 Å². The minimum absolute atomic E-state index is 0.287. The zero-order chi connectivity index (χ0) is 34.7. The molecule has 0 aromatic heterocycles. The predicted octanol–water partition coefficient (Wildman–Crippen LogP) is 7.60. The summed E-state index contributed by atoms with van der Waals surface area (Å²) in [5.41, 5.74) is 7.68. The van der Waals surface area contributed by atoms with Crippen molar-refractivity contribution in [3.63, 3.8) is 0 Å². The van der Waals surface area contributed by atoms with Crippen LogP contribution >= 0.6 is 0 Å². The minimum atomic E-state index is 0.287. The fourth-order valence-electron chi connectivity index (χ4n) is 6.82. The molecule has 2 N–H and O–H groups in total. The number of hydrogen-bond donors (Lipinski definition) is 2. The van der Waals surface area contributed by atoms with Gasteiger partial charge in [-0.15, -0.1) is 0 Å². The van der Waals surface area contributed by atoms with Gasteiger partial charge in [-0.05, 0) is 68.5 Å². The number of phenols is 2. The van der Waals surface area contributed by atoms with Crippen molar-refractivity contribution in [1.29, 1.82) is 0 Å². The van der Waals surface area contributed by atoms with Crippen LogP contribution in [0.5, 0.6) is 23.0 Å². The highest BCUT2D eigenvalue weighted by atomic mass is 16.5. The van der Waals surface area contributed by atoms with Crippen molar-refractivity contribution in [3.8, 4) is 23.0 Å². The fourth-order valence-corrected chi connectivity index (χ4v) is 6.82. The molecule has 0 saturated carbocycles. The summed E-state index contributed by atoms with van der Waals surface area (Å²) in [6.07, 6.45) is 7.00. The van der Waals surface area contributed by atoms with Crippen LogP contribution < -0.4 is 9.47 Å².